The predicted molar refractivity (Wildman–Crippen MR) is 115 cm³/mol. The number of fused-ring (bicyclic) bond motifs is 2. The Bertz CT molecular complexity index is 821. The molecule has 2 aromatic carbocycles. The minimum atomic E-state index is -0.00978. The Hall–Kier alpha value is -3.68. The molecule has 8 heteroatoms. The Kier molecular flexibility index (Phi) is 6.01. The molecule has 8 nitrogen and oxygen atoms in total. The smallest absolute Gasteiger partial charge is 0.209 e. The number of guanidine groups is 2. The minimum absolute atomic E-state index is 0.00978. The molecule has 1 aliphatic carbocycles. The first-order valence-electron chi connectivity index (χ1n) is 8.86. The van der Waals surface area contributed by atoms with Gasteiger partial charge in [-0.15, -0.1) is 0 Å². The summed E-state index contributed by atoms with van der Waals surface area (Å²) in [5.41, 5.74) is 21.5. The van der Waals surface area contributed by atoms with Gasteiger partial charge in [0.05, 0.1) is 0 Å². The molecule has 0 heterocycles. The van der Waals surface area contributed by atoms with Crippen molar-refractivity contribution >= 4 is 24.3 Å². The summed E-state index contributed by atoms with van der Waals surface area (Å²) in [6.07, 6.45) is 3.70. The van der Waals surface area contributed by atoms with Gasteiger partial charge in [0.15, 0.2) is 0 Å². The van der Waals surface area contributed by atoms with Crippen LogP contribution in [0, 0.1) is 0 Å². The van der Waals surface area contributed by atoms with Crippen molar-refractivity contribution in [2.45, 2.75) is 11.8 Å². The first-order valence-corrected chi connectivity index (χ1v) is 8.86. The largest absolute Gasteiger partial charge is 0.369 e. The maximum Gasteiger partial charge on any atom is 0.209 e. The van der Waals surface area contributed by atoms with E-state index in [0.717, 1.165) is 22.3 Å². The zero-order valence-corrected chi connectivity index (χ0v) is 15.9. The number of hydrogen-bond donors (Lipinski definition) is 4. The molecule has 1 aliphatic rings. The second-order valence-corrected chi connectivity index (χ2v) is 6.21. The molecule has 0 fully saturated rings. The molecule has 0 radical (unpaired) electrons. The van der Waals surface area contributed by atoms with Crippen LogP contribution in [0.25, 0.3) is 0 Å². The molecule has 0 saturated heterocycles. The Morgan fingerprint density at radius 2 is 1.04 bits per heavy atom. The number of nitrogens with one attached hydrogen (secondary N) is 2. The van der Waals surface area contributed by atoms with Gasteiger partial charge >= 0.3 is 0 Å². The number of nitrogens with two attached hydrogens (primary N) is 2. The summed E-state index contributed by atoms with van der Waals surface area (Å²) in [5, 5.41) is 8.55. The third kappa shape index (κ3) is 4.01. The number of rotatable bonds is 4. The topological polar surface area (TPSA) is 126 Å². The Balaban J connectivity index is 2.02. The second kappa shape index (κ2) is 8.81. The van der Waals surface area contributed by atoms with Crippen LogP contribution in [0.15, 0.2) is 68.7 Å². The fourth-order valence-electron chi connectivity index (χ4n) is 3.27. The highest BCUT2D eigenvalue weighted by Gasteiger charge is 2.30. The lowest BCUT2D eigenvalue weighted by atomic mass is 9.73. The van der Waals surface area contributed by atoms with Gasteiger partial charge in [-0.1, -0.05) is 48.5 Å². The van der Waals surface area contributed by atoms with Crippen LogP contribution in [0.1, 0.15) is 34.1 Å². The van der Waals surface area contributed by atoms with Crippen molar-refractivity contribution in [1.82, 2.24) is 10.9 Å². The predicted octanol–water partition coefficient (Wildman–Crippen LogP) is 1.30. The van der Waals surface area contributed by atoms with Crippen LogP contribution in [0.5, 0.6) is 0 Å². The van der Waals surface area contributed by atoms with E-state index < -0.39 is 0 Å². The average molecular weight is 376 g/mol. The molecule has 0 unspecified atom stereocenters. The standard InChI is InChI=1S/C20H24N8/c1-23-19(21)27-25-11-17-13-7-3-5-9-15(13)18(12-26-28-20(22)24-2)16-10-6-4-8-14(16)17/h3-12,17-18H,1-2H3,(H3,21,23,27)(H3,22,24,28). The maximum absolute atomic E-state index is 5.67. The minimum Gasteiger partial charge on any atom is -0.369 e. The first-order chi connectivity index (χ1) is 13.7. The van der Waals surface area contributed by atoms with Gasteiger partial charge in [0.2, 0.25) is 11.9 Å². The van der Waals surface area contributed by atoms with Crippen molar-refractivity contribution < 1.29 is 0 Å². The third-order valence-corrected chi connectivity index (χ3v) is 4.62. The quantitative estimate of drug-likeness (QED) is 0.364. The normalized spacial score (nSPS) is 19.5. The van der Waals surface area contributed by atoms with Crippen molar-refractivity contribution in [1.29, 1.82) is 0 Å². The van der Waals surface area contributed by atoms with Crippen LogP contribution >= 0.6 is 0 Å². The lowest BCUT2D eigenvalue weighted by Gasteiger charge is -2.30. The molecule has 0 saturated carbocycles. The number of hydrogen-bond acceptors (Lipinski definition) is 4. The average Bonchev–Trinajstić information content (AvgIpc) is 2.74. The van der Waals surface area contributed by atoms with E-state index in [1.807, 2.05) is 36.7 Å². The van der Waals surface area contributed by atoms with Gasteiger partial charge in [0.25, 0.3) is 0 Å². The maximum atomic E-state index is 5.67. The van der Waals surface area contributed by atoms with E-state index in [-0.39, 0.29) is 23.8 Å². The molecule has 144 valence electrons. The molecule has 0 atom stereocenters. The lowest BCUT2D eigenvalue weighted by molar-refractivity contribution is 0.895. The molecule has 6 N–H and O–H groups in total. The summed E-state index contributed by atoms with van der Waals surface area (Å²) >= 11 is 0. The Morgan fingerprint density at radius 3 is 1.32 bits per heavy atom. The molecule has 0 aliphatic heterocycles. The molecule has 0 spiro atoms. The summed E-state index contributed by atoms with van der Waals surface area (Å²) in [7, 11) is 3.22. The van der Waals surface area contributed by atoms with Crippen molar-refractivity contribution in [2.75, 3.05) is 14.1 Å². The highest BCUT2D eigenvalue weighted by molar-refractivity contribution is 5.85. The zero-order valence-electron chi connectivity index (χ0n) is 15.9. The molecular formula is C20H24N8. The molecule has 0 aromatic heterocycles. The van der Waals surface area contributed by atoms with Gasteiger partial charge in [0, 0.05) is 38.4 Å². The van der Waals surface area contributed by atoms with Crippen molar-refractivity contribution in [3.63, 3.8) is 0 Å². The van der Waals surface area contributed by atoms with E-state index in [1.54, 1.807) is 14.1 Å². The van der Waals surface area contributed by atoms with Gasteiger partial charge < -0.3 is 11.5 Å². The highest BCUT2D eigenvalue weighted by atomic mass is 15.4. The lowest BCUT2D eigenvalue weighted by Crippen LogP contribution is -2.28. The van der Waals surface area contributed by atoms with Crippen LogP contribution in [0.2, 0.25) is 0 Å². The second-order valence-electron chi connectivity index (χ2n) is 6.21. The van der Waals surface area contributed by atoms with Crippen molar-refractivity contribution in [3.8, 4) is 0 Å². The van der Waals surface area contributed by atoms with Crippen LogP contribution < -0.4 is 22.3 Å². The highest BCUT2D eigenvalue weighted by Crippen LogP contribution is 2.41. The molecule has 28 heavy (non-hydrogen) atoms. The van der Waals surface area contributed by atoms with Crippen LogP contribution in [-0.2, 0) is 0 Å². The van der Waals surface area contributed by atoms with E-state index in [9.17, 15) is 0 Å². The van der Waals surface area contributed by atoms with Crippen molar-refractivity contribution in [3.05, 3.63) is 70.8 Å². The van der Waals surface area contributed by atoms with E-state index in [0.29, 0.717) is 0 Å². The summed E-state index contributed by atoms with van der Waals surface area (Å²) in [5.74, 6) is 0.508. The monoisotopic (exact) mass is 376 g/mol. The van der Waals surface area contributed by atoms with Crippen LogP contribution in [0.3, 0.4) is 0 Å². The number of nitrogens with zero attached hydrogens (tertiary/aromatic N) is 4. The van der Waals surface area contributed by atoms with E-state index >= 15 is 0 Å². The fourth-order valence-corrected chi connectivity index (χ4v) is 3.27. The van der Waals surface area contributed by atoms with Gasteiger partial charge in [-0.05, 0) is 22.3 Å². The van der Waals surface area contributed by atoms with Gasteiger partial charge in [-0.3, -0.25) is 9.98 Å². The number of benzene rings is 2. The van der Waals surface area contributed by atoms with Crippen LogP contribution in [0.4, 0.5) is 0 Å². The number of aliphatic imine (C=N–C) groups is 2. The van der Waals surface area contributed by atoms with Gasteiger partial charge in [-0.25, -0.2) is 10.9 Å². The number of hydrazone groups is 2. The van der Waals surface area contributed by atoms with Gasteiger partial charge in [0.1, 0.15) is 0 Å². The van der Waals surface area contributed by atoms with E-state index in [4.69, 9.17) is 11.5 Å². The molecular weight excluding hydrogens is 352 g/mol. The summed E-state index contributed by atoms with van der Waals surface area (Å²) < 4.78 is 0. The summed E-state index contributed by atoms with van der Waals surface area (Å²) in [4.78, 5) is 7.70. The zero-order chi connectivity index (χ0) is 19.9. The molecule has 2 aromatic rings. The van der Waals surface area contributed by atoms with Crippen LogP contribution in [-0.4, -0.2) is 38.4 Å². The van der Waals surface area contributed by atoms with Gasteiger partial charge in [-0.2, -0.15) is 10.2 Å². The summed E-state index contributed by atoms with van der Waals surface area (Å²) in [6, 6.07) is 16.5. The molecule has 0 amide bonds. The fraction of sp³-hybridized carbons (Fsp3) is 0.200. The van der Waals surface area contributed by atoms with E-state index in [2.05, 4.69) is 55.3 Å². The summed E-state index contributed by atoms with van der Waals surface area (Å²) in [6.45, 7) is 0. The molecule has 3 rings (SSSR count). The third-order valence-electron chi connectivity index (χ3n) is 4.62. The Morgan fingerprint density at radius 1 is 0.714 bits per heavy atom. The first kappa shape index (κ1) is 19.1. The molecule has 0 bridgehead atoms. The Labute approximate surface area is 164 Å². The van der Waals surface area contributed by atoms with Crippen molar-refractivity contribution in [2.24, 2.45) is 31.7 Å². The SMILES string of the molecule is CN=C(N)NN=CC1c2ccccc2C(C=NNC(N)=NC)c2ccccc21. The van der Waals surface area contributed by atoms with E-state index in [1.165, 1.54) is 0 Å².